The molecule has 1 aromatic carbocycles. The fraction of sp³-hybridized carbons (Fsp3) is 0.333. The SMILES string of the molecule is COC(OC)c1cc(Br)cc([N+](=O)[O-])c1. The molecular weight excluding hydrogens is 266 g/mol. The number of halogens is 1. The van der Waals surface area contributed by atoms with Crippen LogP contribution in [0.15, 0.2) is 22.7 Å². The zero-order chi connectivity index (χ0) is 11.4. The zero-order valence-corrected chi connectivity index (χ0v) is 9.85. The van der Waals surface area contributed by atoms with E-state index in [-0.39, 0.29) is 5.69 Å². The highest BCUT2D eigenvalue weighted by molar-refractivity contribution is 9.10. The third-order valence-electron chi connectivity index (χ3n) is 1.82. The van der Waals surface area contributed by atoms with Gasteiger partial charge in [0.1, 0.15) is 0 Å². The summed E-state index contributed by atoms with van der Waals surface area (Å²) in [4.78, 5) is 10.1. The van der Waals surface area contributed by atoms with Gasteiger partial charge in [0.05, 0.1) is 4.92 Å². The fourth-order valence-electron chi connectivity index (χ4n) is 1.21. The van der Waals surface area contributed by atoms with Crippen LogP contribution in [0.2, 0.25) is 0 Å². The van der Waals surface area contributed by atoms with Crippen molar-refractivity contribution >= 4 is 21.6 Å². The van der Waals surface area contributed by atoms with Crippen LogP contribution in [0.4, 0.5) is 5.69 Å². The molecule has 0 aliphatic carbocycles. The smallest absolute Gasteiger partial charge is 0.271 e. The van der Waals surface area contributed by atoms with Crippen LogP contribution in [0.5, 0.6) is 0 Å². The van der Waals surface area contributed by atoms with Gasteiger partial charge in [-0.3, -0.25) is 10.1 Å². The molecule has 0 unspecified atom stereocenters. The fourth-order valence-corrected chi connectivity index (χ4v) is 1.71. The average molecular weight is 276 g/mol. The summed E-state index contributed by atoms with van der Waals surface area (Å²) in [5.41, 5.74) is 0.597. The Bertz CT molecular complexity index is 365. The third-order valence-corrected chi connectivity index (χ3v) is 2.27. The van der Waals surface area contributed by atoms with Crippen LogP contribution in [0.25, 0.3) is 0 Å². The van der Waals surface area contributed by atoms with E-state index in [1.54, 1.807) is 6.07 Å². The van der Waals surface area contributed by atoms with E-state index >= 15 is 0 Å². The minimum atomic E-state index is -0.596. The van der Waals surface area contributed by atoms with Crippen LogP contribution < -0.4 is 0 Å². The standard InChI is InChI=1S/C9H10BrNO4/c1-14-9(15-2)6-3-7(10)5-8(4-6)11(12)13/h3-5,9H,1-2H3. The van der Waals surface area contributed by atoms with E-state index in [1.165, 1.54) is 26.4 Å². The van der Waals surface area contributed by atoms with Gasteiger partial charge < -0.3 is 9.47 Å². The minimum Gasteiger partial charge on any atom is -0.352 e. The van der Waals surface area contributed by atoms with E-state index in [4.69, 9.17) is 9.47 Å². The number of ether oxygens (including phenoxy) is 2. The quantitative estimate of drug-likeness (QED) is 0.482. The average Bonchev–Trinajstić information content (AvgIpc) is 2.18. The maximum Gasteiger partial charge on any atom is 0.271 e. The van der Waals surface area contributed by atoms with Gasteiger partial charge in [0.25, 0.3) is 5.69 Å². The molecule has 0 spiro atoms. The van der Waals surface area contributed by atoms with Crippen molar-refractivity contribution in [3.8, 4) is 0 Å². The van der Waals surface area contributed by atoms with E-state index in [2.05, 4.69) is 15.9 Å². The summed E-state index contributed by atoms with van der Waals surface area (Å²) < 4.78 is 10.6. The first-order valence-corrected chi connectivity index (χ1v) is 4.88. The van der Waals surface area contributed by atoms with Crippen molar-refractivity contribution in [3.05, 3.63) is 38.3 Å². The summed E-state index contributed by atoms with van der Waals surface area (Å²) in [6.45, 7) is 0. The van der Waals surface area contributed by atoms with Gasteiger partial charge in [-0.1, -0.05) is 15.9 Å². The van der Waals surface area contributed by atoms with Crippen LogP contribution in [-0.2, 0) is 9.47 Å². The minimum absolute atomic E-state index is 0.00141. The number of hydrogen-bond donors (Lipinski definition) is 0. The molecule has 0 atom stereocenters. The molecule has 0 amide bonds. The number of nitro groups is 1. The Morgan fingerprint density at radius 3 is 2.40 bits per heavy atom. The molecule has 1 rings (SSSR count). The first kappa shape index (κ1) is 12.1. The molecule has 0 radical (unpaired) electrons. The normalized spacial score (nSPS) is 10.7. The number of methoxy groups -OCH3 is 2. The van der Waals surface area contributed by atoms with E-state index in [1.807, 2.05) is 0 Å². The molecule has 0 aliphatic heterocycles. The molecule has 0 fully saturated rings. The van der Waals surface area contributed by atoms with Crippen LogP contribution >= 0.6 is 15.9 Å². The van der Waals surface area contributed by atoms with Crippen molar-refractivity contribution in [2.45, 2.75) is 6.29 Å². The van der Waals surface area contributed by atoms with Crippen LogP contribution in [0.1, 0.15) is 11.9 Å². The van der Waals surface area contributed by atoms with Gasteiger partial charge in [0, 0.05) is 36.4 Å². The Balaban J connectivity index is 3.13. The lowest BCUT2D eigenvalue weighted by atomic mass is 10.2. The number of nitro benzene ring substituents is 1. The largest absolute Gasteiger partial charge is 0.352 e. The number of hydrogen-bond acceptors (Lipinski definition) is 4. The summed E-state index contributed by atoms with van der Waals surface area (Å²) in [7, 11) is 2.95. The predicted molar refractivity (Wildman–Crippen MR) is 57.6 cm³/mol. The van der Waals surface area contributed by atoms with E-state index in [0.29, 0.717) is 10.0 Å². The van der Waals surface area contributed by atoms with Crippen molar-refractivity contribution in [1.82, 2.24) is 0 Å². The summed E-state index contributed by atoms with van der Waals surface area (Å²) in [5, 5.41) is 10.6. The Morgan fingerprint density at radius 2 is 1.93 bits per heavy atom. The molecule has 0 aliphatic rings. The van der Waals surface area contributed by atoms with Crippen molar-refractivity contribution in [3.63, 3.8) is 0 Å². The molecule has 0 bridgehead atoms. The molecule has 0 N–H and O–H groups in total. The third kappa shape index (κ3) is 2.98. The number of non-ortho nitro benzene ring substituents is 1. The van der Waals surface area contributed by atoms with Crippen LogP contribution in [0.3, 0.4) is 0 Å². The van der Waals surface area contributed by atoms with E-state index in [0.717, 1.165) is 0 Å². The van der Waals surface area contributed by atoms with E-state index < -0.39 is 11.2 Å². The molecule has 5 nitrogen and oxygen atoms in total. The Morgan fingerprint density at radius 1 is 1.33 bits per heavy atom. The number of benzene rings is 1. The summed E-state index contributed by atoms with van der Waals surface area (Å²) in [6, 6.07) is 4.55. The van der Waals surface area contributed by atoms with Gasteiger partial charge in [-0.2, -0.15) is 0 Å². The van der Waals surface area contributed by atoms with E-state index in [9.17, 15) is 10.1 Å². The zero-order valence-electron chi connectivity index (χ0n) is 8.27. The summed E-state index contributed by atoms with van der Waals surface area (Å²) >= 11 is 3.19. The van der Waals surface area contributed by atoms with Crippen LogP contribution in [0, 0.1) is 10.1 Å². The molecule has 82 valence electrons. The van der Waals surface area contributed by atoms with Crippen molar-refractivity contribution in [1.29, 1.82) is 0 Å². The number of rotatable bonds is 4. The second kappa shape index (κ2) is 5.20. The second-order valence-corrected chi connectivity index (χ2v) is 3.72. The van der Waals surface area contributed by atoms with Gasteiger partial charge in [-0.15, -0.1) is 0 Å². The monoisotopic (exact) mass is 275 g/mol. The van der Waals surface area contributed by atoms with Gasteiger partial charge in [0.15, 0.2) is 6.29 Å². The van der Waals surface area contributed by atoms with Crippen molar-refractivity contribution in [2.24, 2.45) is 0 Å². The summed E-state index contributed by atoms with van der Waals surface area (Å²) in [5.74, 6) is 0. The summed E-state index contributed by atoms with van der Waals surface area (Å²) in [6.07, 6.45) is -0.596. The molecule has 0 saturated carbocycles. The lowest BCUT2D eigenvalue weighted by Crippen LogP contribution is -2.04. The highest BCUT2D eigenvalue weighted by Crippen LogP contribution is 2.26. The maximum absolute atomic E-state index is 10.6. The highest BCUT2D eigenvalue weighted by atomic mass is 79.9. The van der Waals surface area contributed by atoms with Gasteiger partial charge in [-0.05, 0) is 6.07 Å². The molecule has 6 heteroatoms. The van der Waals surface area contributed by atoms with Crippen LogP contribution in [-0.4, -0.2) is 19.1 Å². The van der Waals surface area contributed by atoms with Gasteiger partial charge >= 0.3 is 0 Å². The highest BCUT2D eigenvalue weighted by Gasteiger charge is 2.15. The molecule has 15 heavy (non-hydrogen) atoms. The molecule has 0 aromatic heterocycles. The Labute approximate surface area is 95.3 Å². The molecule has 0 heterocycles. The molecule has 0 saturated heterocycles. The predicted octanol–water partition coefficient (Wildman–Crippen LogP) is 2.65. The lowest BCUT2D eigenvalue weighted by Gasteiger charge is -2.13. The molecule has 1 aromatic rings. The number of nitrogens with zero attached hydrogens (tertiary/aromatic N) is 1. The van der Waals surface area contributed by atoms with Gasteiger partial charge in [0.2, 0.25) is 0 Å². The van der Waals surface area contributed by atoms with Crippen molar-refractivity contribution in [2.75, 3.05) is 14.2 Å². The first-order chi connectivity index (χ1) is 7.08. The molecular formula is C9H10BrNO4. The second-order valence-electron chi connectivity index (χ2n) is 2.80. The topological polar surface area (TPSA) is 61.6 Å². The van der Waals surface area contributed by atoms with Gasteiger partial charge in [-0.25, -0.2) is 0 Å². The lowest BCUT2D eigenvalue weighted by molar-refractivity contribution is -0.385. The maximum atomic E-state index is 10.6. The Kier molecular flexibility index (Phi) is 4.19. The first-order valence-electron chi connectivity index (χ1n) is 4.09. The Hall–Kier alpha value is -0.980. The van der Waals surface area contributed by atoms with Crippen molar-refractivity contribution < 1.29 is 14.4 Å².